The third-order valence-electron chi connectivity index (χ3n) is 3.53. The van der Waals surface area contributed by atoms with Crippen LogP contribution in [0.15, 0.2) is 28.7 Å². The molecule has 94 valence electrons. The highest BCUT2D eigenvalue weighted by molar-refractivity contribution is 9.10. The molecule has 3 heteroatoms. The molecule has 0 saturated carbocycles. The van der Waals surface area contributed by atoms with Crippen LogP contribution in [0.2, 0.25) is 0 Å². The Morgan fingerprint density at radius 1 is 1.33 bits per heavy atom. The van der Waals surface area contributed by atoms with Crippen LogP contribution in [0.3, 0.4) is 0 Å². The number of benzene rings is 1. The van der Waals surface area contributed by atoms with E-state index in [0.717, 1.165) is 10.9 Å². The lowest BCUT2D eigenvalue weighted by Crippen LogP contribution is -2.20. The van der Waals surface area contributed by atoms with E-state index in [9.17, 15) is 0 Å². The van der Waals surface area contributed by atoms with Gasteiger partial charge in [-0.2, -0.15) is 0 Å². The van der Waals surface area contributed by atoms with E-state index in [1.165, 1.54) is 34.0 Å². The van der Waals surface area contributed by atoms with Crippen molar-refractivity contribution < 1.29 is 0 Å². The monoisotopic (exact) mass is 321 g/mol. The number of thiazole rings is 1. The number of aromatic nitrogens is 1. The molecule has 0 bridgehead atoms. The Balaban J connectivity index is 1.99. The van der Waals surface area contributed by atoms with Crippen LogP contribution in [0.4, 0.5) is 0 Å². The minimum Gasteiger partial charge on any atom is -0.241 e. The number of halogens is 1. The molecule has 0 N–H and O–H groups in total. The van der Waals surface area contributed by atoms with Gasteiger partial charge < -0.3 is 0 Å². The molecule has 1 heterocycles. The maximum atomic E-state index is 4.83. The topological polar surface area (TPSA) is 12.9 Å². The lowest BCUT2D eigenvalue weighted by Gasteiger charge is -2.28. The molecule has 0 aliphatic heterocycles. The molecule has 0 unspecified atom stereocenters. The molecule has 1 aliphatic rings. The van der Waals surface area contributed by atoms with Crippen LogP contribution in [-0.4, -0.2) is 4.98 Å². The van der Waals surface area contributed by atoms with Gasteiger partial charge in [0.2, 0.25) is 0 Å². The van der Waals surface area contributed by atoms with E-state index in [2.05, 4.69) is 54.0 Å². The van der Waals surface area contributed by atoms with Crippen LogP contribution in [0.5, 0.6) is 0 Å². The van der Waals surface area contributed by atoms with Gasteiger partial charge in [0.15, 0.2) is 0 Å². The van der Waals surface area contributed by atoms with E-state index in [1.54, 1.807) is 0 Å². The first-order chi connectivity index (χ1) is 8.53. The highest BCUT2D eigenvalue weighted by Gasteiger charge is 2.28. The van der Waals surface area contributed by atoms with Gasteiger partial charge in [-0.05, 0) is 36.8 Å². The number of fused-ring (bicyclic) bond motifs is 1. The van der Waals surface area contributed by atoms with Crippen LogP contribution in [0.25, 0.3) is 10.6 Å². The summed E-state index contributed by atoms with van der Waals surface area (Å²) in [6.45, 7) is 4.71. The zero-order valence-corrected chi connectivity index (χ0v) is 13.1. The Labute approximate surface area is 120 Å². The molecule has 1 aromatic heterocycles. The van der Waals surface area contributed by atoms with Gasteiger partial charge >= 0.3 is 0 Å². The predicted octanol–water partition coefficient (Wildman–Crippen LogP) is 5.09. The zero-order valence-electron chi connectivity index (χ0n) is 10.7. The fourth-order valence-corrected chi connectivity index (χ4v) is 4.20. The fourth-order valence-electron chi connectivity index (χ4n) is 2.44. The molecule has 1 aliphatic carbocycles. The molecule has 0 fully saturated rings. The first kappa shape index (κ1) is 12.4. The SMILES string of the molecule is CC1(C)CCc2nc(-c3cccc(Br)c3)sc2C1. The minimum atomic E-state index is 0.439. The summed E-state index contributed by atoms with van der Waals surface area (Å²) < 4.78 is 1.12. The Morgan fingerprint density at radius 3 is 2.94 bits per heavy atom. The smallest absolute Gasteiger partial charge is 0.123 e. The van der Waals surface area contributed by atoms with E-state index in [0.29, 0.717) is 5.41 Å². The van der Waals surface area contributed by atoms with E-state index < -0.39 is 0 Å². The Hall–Kier alpha value is -0.670. The largest absolute Gasteiger partial charge is 0.241 e. The van der Waals surface area contributed by atoms with Gasteiger partial charge in [0, 0.05) is 14.9 Å². The molecule has 0 radical (unpaired) electrons. The quantitative estimate of drug-likeness (QED) is 0.713. The zero-order chi connectivity index (χ0) is 12.8. The summed E-state index contributed by atoms with van der Waals surface area (Å²) in [7, 11) is 0. The summed E-state index contributed by atoms with van der Waals surface area (Å²) in [5, 5.41) is 1.17. The van der Waals surface area contributed by atoms with Gasteiger partial charge in [-0.3, -0.25) is 0 Å². The maximum Gasteiger partial charge on any atom is 0.123 e. The van der Waals surface area contributed by atoms with Crippen molar-refractivity contribution >= 4 is 27.3 Å². The fraction of sp³-hybridized carbons (Fsp3) is 0.400. The van der Waals surface area contributed by atoms with Crippen molar-refractivity contribution in [3.05, 3.63) is 39.3 Å². The average Bonchev–Trinajstić information content (AvgIpc) is 2.70. The van der Waals surface area contributed by atoms with E-state index in [-0.39, 0.29) is 0 Å². The molecule has 2 aromatic rings. The molecular formula is C15H16BrNS. The van der Waals surface area contributed by atoms with Gasteiger partial charge in [-0.15, -0.1) is 11.3 Å². The third-order valence-corrected chi connectivity index (χ3v) is 5.17. The first-order valence-corrected chi connectivity index (χ1v) is 7.89. The van der Waals surface area contributed by atoms with Crippen LogP contribution < -0.4 is 0 Å². The molecule has 0 amide bonds. The number of aryl methyl sites for hydroxylation is 1. The van der Waals surface area contributed by atoms with Gasteiger partial charge in [-0.1, -0.05) is 41.9 Å². The Kier molecular flexibility index (Phi) is 3.07. The van der Waals surface area contributed by atoms with Crippen molar-refractivity contribution in [2.45, 2.75) is 33.1 Å². The van der Waals surface area contributed by atoms with Gasteiger partial charge in [0.25, 0.3) is 0 Å². The predicted molar refractivity (Wildman–Crippen MR) is 81.1 cm³/mol. The van der Waals surface area contributed by atoms with Crippen molar-refractivity contribution in [1.29, 1.82) is 0 Å². The van der Waals surface area contributed by atoms with E-state index in [4.69, 9.17) is 4.98 Å². The van der Waals surface area contributed by atoms with Crippen LogP contribution in [-0.2, 0) is 12.8 Å². The minimum absolute atomic E-state index is 0.439. The van der Waals surface area contributed by atoms with Crippen molar-refractivity contribution in [3.8, 4) is 10.6 Å². The lowest BCUT2D eigenvalue weighted by molar-refractivity contribution is 0.316. The second-order valence-electron chi connectivity index (χ2n) is 5.74. The Morgan fingerprint density at radius 2 is 2.17 bits per heavy atom. The molecule has 0 saturated heterocycles. The number of nitrogens with zero attached hydrogens (tertiary/aromatic N) is 1. The molecule has 3 rings (SSSR count). The number of hydrogen-bond acceptors (Lipinski definition) is 2. The summed E-state index contributed by atoms with van der Waals surface area (Å²) in [5.74, 6) is 0. The van der Waals surface area contributed by atoms with Crippen LogP contribution >= 0.6 is 27.3 Å². The summed E-state index contributed by atoms with van der Waals surface area (Å²) in [5.41, 5.74) is 2.99. The molecular weight excluding hydrogens is 306 g/mol. The standard InChI is InChI=1S/C15H16BrNS/c1-15(2)7-6-12-13(9-15)18-14(17-12)10-4-3-5-11(16)8-10/h3-5,8H,6-7,9H2,1-2H3. The molecule has 0 atom stereocenters. The van der Waals surface area contributed by atoms with Crippen LogP contribution in [0.1, 0.15) is 30.8 Å². The van der Waals surface area contributed by atoms with Crippen molar-refractivity contribution in [3.63, 3.8) is 0 Å². The van der Waals surface area contributed by atoms with Crippen molar-refractivity contribution in [1.82, 2.24) is 4.98 Å². The molecule has 0 spiro atoms. The van der Waals surface area contributed by atoms with Gasteiger partial charge in [0.05, 0.1) is 5.69 Å². The van der Waals surface area contributed by atoms with Crippen LogP contribution in [0, 0.1) is 5.41 Å². The summed E-state index contributed by atoms with van der Waals surface area (Å²) in [6, 6.07) is 8.42. The van der Waals surface area contributed by atoms with Crippen molar-refractivity contribution in [2.75, 3.05) is 0 Å². The molecule has 18 heavy (non-hydrogen) atoms. The van der Waals surface area contributed by atoms with E-state index >= 15 is 0 Å². The maximum absolute atomic E-state index is 4.83. The summed E-state index contributed by atoms with van der Waals surface area (Å²) in [6.07, 6.45) is 3.56. The lowest BCUT2D eigenvalue weighted by atomic mass is 9.79. The molecule has 1 nitrogen and oxygen atoms in total. The first-order valence-electron chi connectivity index (χ1n) is 6.28. The van der Waals surface area contributed by atoms with Crippen molar-refractivity contribution in [2.24, 2.45) is 5.41 Å². The summed E-state index contributed by atoms with van der Waals surface area (Å²) in [4.78, 5) is 6.31. The van der Waals surface area contributed by atoms with E-state index in [1.807, 2.05) is 11.3 Å². The third kappa shape index (κ3) is 2.39. The number of hydrogen-bond donors (Lipinski definition) is 0. The molecule has 1 aromatic carbocycles. The second-order valence-corrected chi connectivity index (χ2v) is 7.74. The highest BCUT2D eigenvalue weighted by atomic mass is 79.9. The highest BCUT2D eigenvalue weighted by Crippen LogP contribution is 2.39. The van der Waals surface area contributed by atoms with Gasteiger partial charge in [0.1, 0.15) is 5.01 Å². The Bertz CT molecular complexity index is 586. The normalized spacial score (nSPS) is 17.5. The second kappa shape index (κ2) is 4.46. The number of rotatable bonds is 1. The van der Waals surface area contributed by atoms with Gasteiger partial charge in [-0.25, -0.2) is 4.98 Å². The summed E-state index contributed by atoms with van der Waals surface area (Å²) >= 11 is 5.39. The average molecular weight is 322 g/mol.